The van der Waals surface area contributed by atoms with E-state index >= 15 is 0 Å². The summed E-state index contributed by atoms with van der Waals surface area (Å²) < 4.78 is 4.72. The summed E-state index contributed by atoms with van der Waals surface area (Å²) >= 11 is 1.08. The van der Waals surface area contributed by atoms with Gasteiger partial charge in [-0.1, -0.05) is 30.3 Å². The number of carbonyl (C=O) groups is 1. The fourth-order valence-corrected chi connectivity index (χ4v) is 1.13. The van der Waals surface area contributed by atoms with Gasteiger partial charge in [0.2, 0.25) is 0 Å². The highest BCUT2D eigenvalue weighted by molar-refractivity contribution is 7.94. The monoisotopic (exact) mass is 182 g/mol. The van der Waals surface area contributed by atoms with Crippen LogP contribution in [0.25, 0.3) is 0 Å². The maximum Gasteiger partial charge on any atom is 0.322 e. The van der Waals surface area contributed by atoms with Crippen LogP contribution in [0.5, 0.6) is 0 Å². The highest BCUT2D eigenvalue weighted by Gasteiger charge is 2.02. The predicted octanol–water partition coefficient (Wildman–Crippen LogP) is 2.05. The number of hydrogen-bond donors (Lipinski definition) is 0. The van der Waals surface area contributed by atoms with E-state index in [0.29, 0.717) is 6.42 Å². The minimum absolute atomic E-state index is 0.200. The molecule has 2 nitrogen and oxygen atoms in total. The van der Waals surface area contributed by atoms with Crippen molar-refractivity contribution >= 4 is 18.0 Å². The third-order valence-corrected chi connectivity index (χ3v) is 1.72. The lowest BCUT2D eigenvalue weighted by Gasteiger charge is -1.98. The van der Waals surface area contributed by atoms with Crippen molar-refractivity contribution in [1.82, 2.24) is 0 Å². The molecule has 1 aromatic carbocycles. The van der Waals surface area contributed by atoms with Crippen LogP contribution < -0.4 is 0 Å². The predicted molar refractivity (Wildman–Crippen MR) is 49.8 cm³/mol. The van der Waals surface area contributed by atoms with Crippen LogP contribution in [0, 0.1) is 0 Å². The molecule has 0 atom stereocenters. The zero-order valence-electron chi connectivity index (χ0n) is 6.82. The molecule has 0 aliphatic rings. The van der Waals surface area contributed by atoms with Gasteiger partial charge in [0.15, 0.2) is 0 Å². The molecule has 0 aliphatic carbocycles. The fourth-order valence-electron chi connectivity index (χ4n) is 0.885. The second-order valence-electron chi connectivity index (χ2n) is 2.28. The molecule has 1 aromatic rings. The molecule has 64 valence electrons. The third kappa shape index (κ3) is 2.96. The van der Waals surface area contributed by atoms with Gasteiger partial charge in [0, 0.05) is 6.26 Å². The standard InChI is InChI=1S/C9H10O2S/c1-12-11-9(10)7-8-5-3-2-4-6-8/h2-6H,7H2,1H3. The Balaban J connectivity index is 2.47. The van der Waals surface area contributed by atoms with Gasteiger partial charge < -0.3 is 4.18 Å². The molecule has 3 heteroatoms. The first-order valence-electron chi connectivity index (χ1n) is 3.60. The zero-order chi connectivity index (χ0) is 8.81. The van der Waals surface area contributed by atoms with Gasteiger partial charge in [-0.15, -0.1) is 0 Å². The van der Waals surface area contributed by atoms with Gasteiger partial charge in [0.1, 0.15) is 0 Å². The Hall–Kier alpha value is -0.960. The highest BCUT2D eigenvalue weighted by atomic mass is 32.2. The minimum atomic E-state index is -0.200. The fraction of sp³-hybridized carbons (Fsp3) is 0.222. The van der Waals surface area contributed by atoms with Crippen molar-refractivity contribution in [3.63, 3.8) is 0 Å². The van der Waals surface area contributed by atoms with E-state index in [9.17, 15) is 4.79 Å². The smallest absolute Gasteiger partial charge is 0.322 e. The van der Waals surface area contributed by atoms with E-state index < -0.39 is 0 Å². The summed E-state index contributed by atoms with van der Waals surface area (Å²) in [5, 5.41) is 0. The van der Waals surface area contributed by atoms with E-state index in [1.165, 1.54) is 0 Å². The SMILES string of the molecule is CSOC(=O)Cc1ccccc1. The first-order chi connectivity index (χ1) is 5.83. The lowest BCUT2D eigenvalue weighted by atomic mass is 10.2. The molecule has 0 bridgehead atoms. The van der Waals surface area contributed by atoms with Crippen molar-refractivity contribution in [2.24, 2.45) is 0 Å². The number of carbonyl (C=O) groups excluding carboxylic acids is 1. The van der Waals surface area contributed by atoms with Crippen LogP contribution in [-0.4, -0.2) is 12.2 Å². The van der Waals surface area contributed by atoms with Crippen molar-refractivity contribution in [1.29, 1.82) is 0 Å². The molecule has 0 saturated carbocycles. The first-order valence-corrected chi connectivity index (χ1v) is 4.75. The van der Waals surface area contributed by atoms with Crippen LogP contribution in [0.1, 0.15) is 5.56 Å². The van der Waals surface area contributed by atoms with Gasteiger partial charge in [-0.2, -0.15) is 0 Å². The zero-order valence-corrected chi connectivity index (χ0v) is 7.64. The van der Waals surface area contributed by atoms with Crippen LogP contribution in [0.4, 0.5) is 0 Å². The number of hydrogen-bond acceptors (Lipinski definition) is 3. The van der Waals surface area contributed by atoms with E-state index in [4.69, 9.17) is 4.18 Å². The van der Waals surface area contributed by atoms with Gasteiger partial charge in [0.05, 0.1) is 18.5 Å². The minimum Gasteiger partial charge on any atom is -0.391 e. The molecule has 0 amide bonds. The molecule has 0 unspecified atom stereocenters. The molecular formula is C9H10O2S. The Morgan fingerprint density at radius 2 is 2.08 bits per heavy atom. The molecule has 12 heavy (non-hydrogen) atoms. The molecule has 0 saturated heterocycles. The summed E-state index contributed by atoms with van der Waals surface area (Å²) in [5.41, 5.74) is 0.983. The molecule has 0 aliphatic heterocycles. The maximum absolute atomic E-state index is 11.0. The summed E-state index contributed by atoms with van der Waals surface area (Å²) in [7, 11) is 0. The molecule has 0 aromatic heterocycles. The summed E-state index contributed by atoms with van der Waals surface area (Å²) in [5.74, 6) is -0.200. The Morgan fingerprint density at radius 3 is 2.67 bits per heavy atom. The Bertz CT molecular complexity index is 246. The summed E-state index contributed by atoms with van der Waals surface area (Å²) in [4.78, 5) is 11.0. The molecular weight excluding hydrogens is 172 g/mol. The van der Waals surface area contributed by atoms with E-state index in [1.54, 1.807) is 6.26 Å². The molecule has 0 spiro atoms. The number of rotatable bonds is 3. The van der Waals surface area contributed by atoms with Crippen LogP contribution >= 0.6 is 12.0 Å². The largest absolute Gasteiger partial charge is 0.391 e. The third-order valence-electron chi connectivity index (χ3n) is 1.37. The second-order valence-corrected chi connectivity index (χ2v) is 2.78. The number of benzene rings is 1. The Kier molecular flexibility index (Phi) is 3.67. The van der Waals surface area contributed by atoms with Crippen LogP contribution in [0.15, 0.2) is 30.3 Å². The lowest BCUT2D eigenvalue weighted by Crippen LogP contribution is -2.02. The summed E-state index contributed by atoms with van der Waals surface area (Å²) in [6, 6.07) is 9.54. The average molecular weight is 182 g/mol. The average Bonchev–Trinajstić information content (AvgIpc) is 2.06. The summed E-state index contributed by atoms with van der Waals surface area (Å²) in [6.07, 6.45) is 2.07. The second kappa shape index (κ2) is 4.83. The first kappa shape index (κ1) is 9.13. The van der Waals surface area contributed by atoms with E-state index in [-0.39, 0.29) is 5.97 Å². The van der Waals surface area contributed by atoms with Crippen LogP contribution in [0.3, 0.4) is 0 Å². The normalized spacial score (nSPS) is 9.42. The van der Waals surface area contributed by atoms with Gasteiger partial charge in [-0.25, -0.2) is 0 Å². The molecule has 0 N–H and O–H groups in total. The maximum atomic E-state index is 11.0. The highest BCUT2D eigenvalue weighted by Crippen LogP contribution is 2.03. The van der Waals surface area contributed by atoms with Gasteiger partial charge in [-0.05, 0) is 5.56 Å². The van der Waals surface area contributed by atoms with Crippen LogP contribution in [-0.2, 0) is 15.4 Å². The Labute approximate surface area is 76.1 Å². The van der Waals surface area contributed by atoms with Crippen molar-refractivity contribution in [3.8, 4) is 0 Å². The van der Waals surface area contributed by atoms with Gasteiger partial charge >= 0.3 is 5.97 Å². The summed E-state index contributed by atoms with van der Waals surface area (Å²) in [6.45, 7) is 0. The quantitative estimate of drug-likeness (QED) is 0.669. The van der Waals surface area contributed by atoms with Crippen molar-refractivity contribution in [3.05, 3.63) is 35.9 Å². The Morgan fingerprint density at radius 1 is 1.42 bits per heavy atom. The van der Waals surface area contributed by atoms with E-state index in [0.717, 1.165) is 17.6 Å². The van der Waals surface area contributed by atoms with E-state index in [2.05, 4.69) is 0 Å². The molecule has 0 radical (unpaired) electrons. The van der Waals surface area contributed by atoms with Crippen LogP contribution in [0.2, 0.25) is 0 Å². The van der Waals surface area contributed by atoms with Crippen molar-refractivity contribution < 1.29 is 8.98 Å². The van der Waals surface area contributed by atoms with Crippen molar-refractivity contribution in [2.75, 3.05) is 6.26 Å². The topological polar surface area (TPSA) is 26.3 Å². The lowest BCUT2D eigenvalue weighted by molar-refractivity contribution is -0.132. The van der Waals surface area contributed by atoms with Crippen molar-refractivity contribution in [2.45, 2.75) is 6.42 Å². The molecule has 0 heterocycles. The van der Waals surface area contributed by atoms with Gasteiger partial charge in [-0.3, -0.25) is 4.79 Å². The molecule has 1 rings (SSSR count). The molecule has 0 fully saturated rings. The van der Waals surface area contributed by atoms with Gasteiger partial charge in [0.25, 0.3) is 0 Å². The van der Waals surface area contributed by atoms with E-state index in [1.807, 2.05) is 30.3 Å².